The first-order valence-electron chi connectivity index (χ1n) is 5.13. The maximum absolute atomic E-state index is 11.8. The van der Waals surface area contributed by atoms with E-state index in [1.54, 1.807) is 13.8 Å². The zero-order valence-corrected chi connectivity index (χ0v) is 8.87. The molecule has 0 amide bonds. The van der Waals surface area contributed by atoms with E-state index in [0.29, 0.717) is 12.8 Å². The van der Waals surface area contributed by atoms with Gasteiger partial charge >= 0.3 is 5.97 Å². The first-order chi connectivity index (χ1) is 6.84. The van der Waals surface area contributed by atoms with Crippen LogP contribution in [-0.2, 0) is 14.4 Å². The third kappa shape index (κ3) is 0.945. The van der Waals surface area contributed by atoms with Gasteiger partial charge in [0.25, 0.3) is 0 Å². The van der Waals surface area contributed by atoms with Crippen molar-refractivity contribution >= 4 is 17.5 Å². The normalized spacial score (nSPS) is 38.1. The number of carboxylic acids is 1. The number of carboxylic acid groups (broad SMARTS) is 1. The van der Waals surface area contributed by atoms with Crippen LogP contribution in [0.25, 0.3) is 0 Å². The van der Waals surface area contributed by atoms with Gasteiger partial charge in [-0.2, -0.15) is 0 Å². The van der Waals surface area contributed by atoms with Gasteiger partial charge in [0.05, 0.1) is 6.42 Å². The third-order valence-corrected chi connectivity index (χ3v) is 4.34. The quantitative estimate of drug-likeness (QED) is 0.656. The lowest BCUT2D eigenvalue weighted by Gasteiger charge is -2.42. The zero-order chi connectivity index (χ0) is 11.4. The van der Waals surface area contributed by atoms with Crippen LogP contribution in [0.2, 0.25) is 0 Å². The molecule has 0 aromatic heterocycles. The van der Waals surface area contributed by atoms with Crippen molar-refractivity contribution in [1.29, 1.82) is 0 Å². The van der Waals surface area contributed by atoms with E-state index in [1.165, 1.54) is 0 Å². The van der Waals surface area contributed by atoms with E-state index in [0.717, 1.165) is 0 Å². The van der Waals surface area contributed by atoms with Gasteiger partial charge in [0.1, 0.15) is 11.2 Å². The smallest absolute Gasteiger partial charge is 0.317 e. The number of carbonyl (C=O) groups excluding carboxylic acids is 2. The van der Waals surface area contributed by atoms with Gasteiger partial charge in [-0.25, -0.2) is 0 Å². The lowest BCUT2D eigenvalue weighted by Crippen LogP contribution is -2.54. The van der Waals surface area contributed by atoms with Gasteiger partial charge in [0.2, 0.25) is 0 Å². The fraction of sp³-hybridized carbons (Fsp3) is 0.727. The molecule has 2 aliphatic rings. The van der Waals surface area contributed by atoms with Crippen LogP contribution in [0.15, 0.2) is 0 Å². The molecule has 1 N–H and O–H groups in total. The molecule has 2 aliphatic carbocycles. The van der Waals surface area contributed by atoms with Crippen molar-refractivity contribution in [2.75, 3.05) is 0 Å². The molecule has 2 atom stereocenters. The molecular weight excluding hydrogens is 196 g/mol. The summed E-state index contributed by atoms with van der Waals surface area (Å²) < 4.78 is 0. The maximum atomic E-state index is 11.8. The highest BCUT2D eigenvalue weighted by Gasteiger charge is 2.67. The van der Waals surface area contributed by atoms with Crippen molar-refractivity contribution in [3.05, 3.63) is 0 Å². The highest BCUT2D eigenvalue weighted by molar-refractivity contribution is 6.15. The fourth-order valence-corrected chi connectivity index (χ4v) is 3.34. The van der Waals surface area contributed by atoms with Crippen LogP contribution in [-0.4, -0.2) is 22.6 Å². The van der Waals surface area contributed by atoms with Crippen LogP contribution in [0.4, 0.5) is 0 Å². The lowest BCUT2D eigenvalue weighted by atomic mass is 9.57. The van der Waals surface area contributed by atoms with Gasteiger partial charge in [-0.1, -0.05) is 13.8 Å². The maximum Gasteiger partial charge on any atom is 0.317 e. The molecule has 2 bridgehead atoms. The number of carbonyl (C=O) groups is 3. The Balaban J connectivity index is 2.60. The summed E-state index contributed by atoms with van der Waals surface area (Å²) in [6.45, 7) is 3.46. The average molecular weight is 210 g/mol. The molecule has 0 unspecified atom stereocenters. The topological polar surface area (TPSA) is 71.4 Å². The molecular formula is C11H14O4. The number of fused-ring (bicyclic) bond motifs is 2. The minimum Gasteiger partial charge on any atom is -0.480 e. The largest absolute Gasteiger partial charge is 0.480 e. The highest BCUT2D eigenvalue weighted by atomic mass is 16.4. The van der Waals surface area contributed by atoms with E-state index in [4.69, 9.17) is 0 Å². The van der Waals surface area contributed by atoms with E-state index in [1.807, 2.05) is 0 Å². The van der Waals surface area contributed by atoms with Crippen LogP contribution in [0.3, 0.4) is 0 Å². The Morgan fingerprint density at radius 2 is 2.00 bits per heavy atom. The Morgan fingerprint density at radius 1 is 1.40 bits per heavy atom. The van der Waals surface area contributed by atoms with E-state index >= 15 is 0 Å². The van der Waals surface area contributed by atoms with Crippen LogP contribution >= 0.6 is 0 Å². The van der Waals surface area contributed by atoms with Crippen molar-refractivity contribution in [2.45, 2.75) is 33.1 Å². The van der Waals surface area contributed by atoms with Gasteiger partial charge in [0, 0.05) is 5.92 Å². The molecule has 4 heteroatoms. The van der Waals surface area contributed by atoms with Gasteiger partial charge in [0.15, 0.2) is 5.78 Å². The molecule has 2 saturated carbocycles. The Hall–Kier alpha value is -1.19. The van der Waals surface area contributed by atoms with E-state index < -0.39 is 22.6 Å². The summed E-state index contributed by atoms with van der Waals surface area (Å²) in [6, 6.07) is 0. The van der Waals surface area contributed by atoms with Crippen molar-refractivity contribution in [3.63, 3.8) is 0 Å². The first kappa shape index (κ1) is 10.3. The molecule has 0 aromatic carbocycles. The molecule has 0 aromatic rings. The second-order valence-electron chi connectivity index (χ2n) is 5.09. The fourth-order valence-electron chi connectivity index (χ4n) is 3.34. The SMILES string of the molecule is CC1(C)[C@H]2CC[C@]1(C(=O)O)C(=O)CC2=O. The number of rotatable bonds is 1. The summed E-state index contributed by atoms with van der Waals surface area (Å²) in [5.41, 5.74) is -2.04. The third-order valence-electron chi connectivity index (χ3n) is 4.34. The molecule has 4 nitrogen and oxygen atoms in total. The molecule has 0 saturated heterocycles. The van der Waals surface area contributed by atoms with Gasteiger partial charge in [-0.05, 0) is 18.3 Å². The van der Waals surface area contributed by atoms with Crippen LogP contribution in [0, 0.1) is 16.7 Å². The first-order valence-corrected chi connectivity index (χ1v) is 5.13. The predicted molar refractivity (Wildman–Crippen MR) is 51.2 cm³/mol. The summed E-state index contributed by atoms with van der Waals surface area (Å²) in [7, 11) is 0. The van der Waals surface area contributed by atoms with E-state index in [2.05, 4.69) is 0 Å². The predicted octanol–water partition coefficient (Wildman–Crippen LogP) is 1.04. The van der Waals surface area contributed by atoms with Crippen molar-refractivity contribution < 1.29 is 19.5 Å². The molecule has 0 radical (unpaired) electrons. The zero-order valence-electron chi connectivity index (χ0n) is 8.87. The molecule has 0 spiro atoms. The number of ketones is 2. The van der Waals surface area contributed by atoms with Gasteiger partial charge in [-0.3, -0.25) is 14.4 Å². The summed E-state index contributed by atoms with van der Waals surface area (Å²) >= 11 is 0. The molecule has 2 rings (SSSR count). The summed E-state index contributed by atoms with van der Waals surface area (Å²) in [4.78, 5) is 34.8. The van der Waals surface area contributed by atoms with Crippen molar-refractivity contribution in [2.24, 2.45) is 16.7 Å². The van der Waals surface area contributed by atoms with Gasteiger partial charge < -0.3 is 5.11 Å². The standard InChI is InChI=1S/C11H14O4/c1-10(2)6-3-4-11(10,9(14)15)8(13)5-7(6)12/h6H,3-5H2,1-2H3,(H,14,15)/t6-,11+/m0/s1. The van der Waals surface area contributed by atoms with Crippen LogP contribution < -0.4 is 0 Å². The number of hydrogen-bond acceptors (Lipinski definition) is 3. The Morgan fingerprint density at radius 3 is 2.53 bits per heavy atom. The molecule has 0 aliphatic heterocycles. The minimum absolute atomic E-state index is 0.0839. The second kappa shape index (κ2) is 2.68. The average Bonchev–Trinajstić information content (AvgIpc) is 2.27. The lowest BCUT2D eigenvalue weighted by molar-refractivity contribution is -0.167. The van der Waals surface area contributed by atoms with Crippen molar-refractivity contribution in [1.82, 2.24) is 0 Å². The van der Waals surface area contributed by atoms with E-state index in [9.17, 15) is 19.5 Å². The summed E-state index contributed by atoms with van der Waals surface area (Å²) in [6.07, 6.45) is 0.648. The van der Waals surface area contributed by atoms with E-state index in [-0.39, 0.29) is 18.1 Å². The van der Waals surface area contributed by atoms with Crippen LogP contribution in [0.1, 0.15) is 33.1 Å². The number of Topliss-reactive ketones (excluding diaryl/α,β-unsaturated/α-hetero) is 2. The molecule has 82 valence electrons. The monoisotopic (exact) mass is 210 g/mol. The number of hydrogen-bond donors (Lipinski definition) is 1. The molecule has 15 heavy (non-hydrogen) atoms. The highest BCUT2D eigenvalue weighted by Crippen LogP contribution is 2.60. The molecule has 0 heterocycles. The summed E-state index contributed by atoms with van der Waals surface area (Å²) in [5.74, 6) is -1.81. The van der Waals surface area contributed by atoms with Crippen molar-refractivity contribution in [3.8, 4) is 0 Å². The van der Waals surface area contributed by atoms with Crippen LogP contribution in [0.5, 0.6) is 0 Å². The second-order valence-corrected chi connectivity index (χ2v) is 5.09. The Labute approximate surface area is 87.7 Å². The molecule has 2 fully saturated rings. The minimum atomic E-state index is -1.31. The summed E-state index contributed by atoms with van der Waals surface area (Å²) in [5, 5.41) is 9.28. The van der Waals surface area contributed by atoms with Gasteiger partial charge in [-0.15, -0.1) is 0 Å². The number of aliphatic carboxylic acids is 1. The Bertz CT molecular complexity index is 369. The Kier molecular flexibility index (Phi) is 1.85.